The van der Waals surface area contributed by atoms with Gasteiger partial charge in [0.05, 0.1) is 42.1 Å². The van der Waals surface area contributed by atoms with Gasteiger partial charge in [0.15, 0.2) is 0 Å². The molecule has 0 unspecified atom stereocenters. The molecule has 1 aromatic heterocycles. The van der Waals surface area contributed by atoms with Gasteiger partial charge in [-0.15, -0.1) is 0 Å². The van der Waals surface area contributed by atoms with Crippen LogP contribution in [0.2, 0.25) is 0 Å². The number of amides is 1. The van der Waals surface area contributed by atoms with Crippen LogP contribution in [0.15, 0.2) is 24.5 Å². The van der Waals surface area contributed by atoms with Crippen molar-refractivity contribution < 1.29 is 9.53 Å². The van der Waals surface area contributed by atoms with Crippen LogP contribution in [0.5, 0.6) is 0 Å². The Balaban J connectivity index is 2.23. The third-order valence-corrected chi connectivity index (χ3v) is 3.61. The lowest BCUT2D eigenvalue weighted by Gasteiger charge is -2.14. The molecule has 0 radical (unpaired) electrons. The van der Waals surface area contributed by atoms with E-state index in [2.05, 4.69) is 4.98 Å². The molecule has 5 nitrogen and oxygen atoms in total. The van der Waals surface area contributed by atoms with E-state index in [1.165, 1.54) is 0 Å². The van der Waals surface area contributed by atoms with E-state index in [4.69, 9.17) is 4.74 Å². The monoisotopic (exact) mass is 271 g/mol. The van der Waals surface area contributed by atoms with Crippen molar-refractivity contribution in [3.05, 3.63) is 47.0 Å². The van der Waals surface area contributed by atoms with Crippen LogP contribution in [0, 0.1) is 6.92 Å². The Morgan fingerprint density at radius 1 is 1.40 bits per heavy atom. The van der Waals surface area contributed by atoms with E-state index in [0.717, 1.165) is 22.6 Å². The summed E-state index contributed by atoms with van der Waals surface area (Å²) >= 11 is 0. The van der Waals surface area contributed by atoms with Crippen LogP contribution < -0.4 is 0 Å². The number of hydrogen-bond donors (Lipinski definition) is 0. The zero-order valence-electron chi connectivity index (χ0n) is 11.9. The zero-order chi connectivity index (χ0) is 14.3. The van der Waals surface area contributed by atoms with Gasteiger partial charge in [0.1, 0.15) is 0 Å². The van der Waals surface area contributed by atoms with Crippen molar-refractivity contribution in [3.8, 4) is 5.69 Å². The number of methoxy groups -OCH3 is 1. The van der Waals surface area contributed by atoms with Gasteiger partial charge in [-0.05, 0) is 19.1 Å². The number of hydrogen-bond acceptors (Lipinski definition) is 3. The average Bonchev–Trinajstić information content (AvgIpc) is 2.77. The maximum absolute atomic E-state index is 12.5. The quantitative estimate of drug-likeness (QED) is 0.838. The highest BCUT2D eigenvalue weighted by Gasteiger charge is 2.25. The Kier molecular flexibility index (Phi) is 3.06. The van der Waals surface area contributed by atoms with Gasteiger partial charge in [-0.2, -0.15) is 0 Å². The van der Waals surface area contributed by atoms with Crippen molar-refractivity contribution >= 4 is 5.91 Å². The van der Waals surface area contributed by atoms with Crippen LogP contribution in [-0.2, 0) is 17.9 Å². The smallest absolute Gasteiger partial charge is 0.256 e. The number of benzene rings is 1. The van der Waals surface area contributed by atoms with Gasteiger partial charge in [0, 0.05) is 14.2 Å². The van der Waals surface area contributed by atoms with Crippen molar-refractivity contribution in [2.45, 2.75) is 20.1 Å². The third kappa shape index (κ3) is 1.91. The Labute approximate surface area is 117 Å². The van der Waals surface area contributed by atoms with Crippen LogP contribution in [0.4, 0.5) is 0 Å². The normalized spacial score (nSPS) is 13.9. The molecule has 0 saturated heterocycles. The molecular formula is C15H17N3O2. The molecule has 0 aliphatic carbocycles. The Bertz CT molecular complexity index is 676. The lowest BCUT2D eigenvalue weighted by molar-refractivity contribution is 0.0786. The van der Waals surface area contributed by atoms with Gasteiger partial charge in [-0.1, -0.05) is 11.6 Å². The van der Waals surface area contributed by atoms with Crippen LogP contribution >= 0.6 is 0 Å². The number of ether oxygens (including phenoxy) is 1. The first kappa shape index (κ1) is 12.9. The summed E-state index contributed by atoms with van der Waals surface area (Å²) in [6.45, 7) is 2.97. The minimum atomic E-state index is 0.0377. The van der Waals surface area contributed by atoms with Crippen molar-refractivity contribution in [2.75, 3.05) is 14.2 Å². The first-order valence-corrected chi connectivity index (χ1v) is 6.52. The molecule has 2 heterocycles. The van der Waals surface area contributed by atoms with Crippen LogP contribution in [0.3, 0.4) is 0 Å². The molecule has 0 spiro atoms. The largest absolute Gasteiger partial charge is 0.378 e. The SMILES string of the molecule is COCc1ncn2c1CN(C)C(=O)c1cc(C)ccc1-2. The molecule has 0 bridgehead atoms. The standard InChI is InChI=1S/C15H17N3O2/c1-10-4-5-13-11(6-10)15(19)17(2)7-14-12(8-20-3)16-9-18(13)14/h4-6,9H,7-8H2,1-3H3. The summed E-state index contributed by atoms with van der Waals surface area (Å²) in [5, 5.41) is 0. The molecule has 0 saturated carbocycles. The van der Waals surface area contributed by atoms with Crippen molar-refractivity contribution in [1.82, 2.24) is 14.5 Å². The highest BCUT2D eigenvalue weighted by atomic mass is 16.5. The molecule has 0 fully saturated rings. The van der Waals surface area contributed by atoms with E-state index >= 15 is 0 Å². The number of carbonyl (C=O) groups excluding carboxylic acids is 1. The minimum Gasteiger partial charge on any atom is -0.378 e. The summed E-state index contributed by atoms with van der Waals surface area (Å²) in [4.78, 5) is 18.6. The number of rotatable bonds is 2. The lowest BCUT2D eigenvalue weighted by atomic mass is 10.1. The van der Waals surface area contributed by atoms with Crippen molar-refractivity contribution in [1.29, 1.82) is 0 Å². The Hall–Kier alpha value is -2.14. The fraction of sp³-hybridized carbons (Fsp3) is 0.333. The second-order valence-electron chi connectivity index (χ2n) is 5.12. The first-order valence-electron chi connectivity index (χ1n) is 6.52. The maximum atomic E-state index is 12.5. The summed E-state index contributed by atoms with van der Waals surface area (Å²) in [5.41, 5.74) is 4.56. The Morgan fingerprint density at radius 3 is 2.95 bits per heavy atom. The van der Waals surface area contributed by atoms with E-state index in [0.29, 0.717) is 18.7 Å². The minimum absolute atomic E-state index is 0.0377. The van der Waals surface area contributed by atoms with E-state index in [1.54, 1.807) is 18.3 Å². The number of carbonyl (C=O) groups is 1. The Morgan fingerprint density at radius 2 is 2.20 bits per heavy atom. The summed E-state index contributed by atoms with van der Waals surface area (Å²) < 4.78 is 7.17. The second kappa shape index (κ2) is 4.76. The first-order chi connectivity index (χ1) is 9.61. The molecule has 0 N–H and O–H groups in total. The molecule has 104 valence electrons. The highest BCUT2D eigenvalue weighted by Crippen LogP contribution is 2.26. The van der Waals surface area contributed by atoms with Gasteiger partial charge in [0.25, 0.3) is 5.91 Å². The van der Waals surface area contributed by atoms with E-state index in [1.807, 2.05) is 36.7 Å². The van der Waals surface area contributed by atoms with Gasteiger partial charge in [0.2, 0.25) is 0 Å². The van der Waals surface area contributed by atoms with Gasteiger partial charge >= 0.3 is 0 Å². The molecule has 1 aliphatic rings. The van der Waals surface area contributed by atoms with Crippen molar-refractivity contribution in [3.63, 3.8) is 0 Å². The molecule has 0 atom stereocenters. The van der Waals surface area contributed by atoms with Crippen LogP contribution in [-0.4, -0.2) is 34.5 Å². The number of aromatic nitrogens is 2. The number of nitrogens with zero attached hydrogens (tertiary/aromatic N) is 3. The number of aryl methyl sites for hydroxylation is 1. The lowest BCUT2D eigenvalue weighted by Crippen LogP contribution is -2.25. The second-order valence-corrected chi connectivity index (χ2v) is 5.12. The predicted molar refractivity (Wildman–Crippen MR) is 74.8 cm³/mol. The van der Waals surface area contributed by atoms with E-state index < -0.39 is 0 Å². The molecule has 20 heavy (non-hydrogen) atoms. The topological polar surface area (TPSA) is 47.4 Å². The number of imidazole rings is 1. The summed E-state index contributed by atoms with van der Waals surface area (Å²) in [7, 11) is 3.46. The molecule has 1 aromatic carbocycles. The highest BCUT2D eigenvalue weighted by molar-refractivity contribution is 5.98. The summed E-state index contributed by atoms with van der Waals surface area (Å²) in [5.74, 6) is 0.0377. The van der Waals surface area contributed by atoms with Gasteiger partial charge in [-0.25, -0.2) is 4.98 Å². The predicted octanol–water partition coefficient (Wildman–Crippen LogP) is 1.91. The van der Waals surface area contributed by atoms with Gasteiger partial charge in [-0.3, -0.25) is 4.79 Å². The fourth-order valence-electron chi connectivity index (χ4n) is 2.58. The fourth-order valence-corrected chi connectivity index (χ4v) is 2.58. The third-order valence-electron chi connectivity index (χ3n) is 3.61. The molecule has 5 heteroatoms. The summed E-state index contributed by atoms with van der Waals surface area (Å²) in [6.07, 6.45) is 1.77. The average molecular weight is 271 g/mol. The van der Waals surface area contributed by atoms with Crippen molar-refractivity contribution in [2.24, 2.45) is 0 Å². The molecule has 2 aromatic rings. The van der Waals surface area contributed by atoms with Gasteiger partial charge < -0.3 is 14.2 Å². The molecular weight excluding hydrogens is 254 g/mol. The van der Waals surface area contributed by atoms with E-state index in [9.17, 15) is 4.79 Å². The van der Waals surface area contributed by atoms with E-state index in [-0.39, 0.29) is 5.91 Å². The number of fused-ring (bicyclic) bond motifs is 3. The van der Waals surface area contributed by atoms with Crippen LogP contribution in [0.25, 0.3) is 5.69 Å². The molecule has 1 aliphatic heterocycles. The summed E-state index contributed by atoms with van der Waals surface area (Å²) in [6, 6.07) is 5.92. The van der Waals surface area contributed by atoms with Crippen LogP contribution in [0.1, 0.15) is 27.3 Å². The zero-order valence-corrected chi connectivity index (χ0v) is 11.9. The maximum Gasteiger partial charge on any atom is 0.256 e. The molecule has 1 amide bonds. The molecule has 3 rings (SSSR count).